The first-order chi connectivity index (χ1) is 17.2. The lowest BCUT2D eigenvalue weighted by Crippen LogP contribution is -2.53. The van der Waals surface area contributed by atoms with Crippen LogP contribution in [0.1, 0.15) is 65.7 Å². The minimum atomic E-state index is -1.21. The summed E-state index contributed by atoms with van der Waals surface area (Å²) in [4.78, 5) is 62.3. The Morgan fingerprint density at radius 1 is 0.972 bits per heavy atom. The van der Waals surface area contributed by atoms with Crippen molar-refractivity contribution in [2.24, 2.45) is 11.8 Å². The number of likely N-dealkylation sites (tertiary alicyclic amines) is 1. The molecule has 3 amide bonds. The summed E-state index contributed by atoms with van der Waals surface area (Å²) in [5.41, 5.74) is 0.141. The van der Waals surface area contributed by atoms with Gasteiger partial charge in [-0.05, 0) is 75.4 Å². The second-order valence-electron chi connectivity index (χ2n) is 9.43. The van der Waals surface area contributed by atoms with E-state index in [1.807, 2.05) is 0 Å². The molecule has 11 heteroatoms. The number of aromatic carboxylic acids is 1. The maximum Gasteiger partial charge on any atom is 0.335 e. The number of carbonyl (C=O) groups is 5. The molecule has 2 saturated heterocycles. The van der Waals surface area contributed by atoms with E-state index in [9.17, 15) is 29.1 Å². The van der Waals surface area contributed by atoms with Gasteiger partial charge in [0.25, 0.3) is 5.91 Å². The summed E-state index contributed by atoms with van der Waals surface area (Å²) in [5.74, 6) is -3.32. The van der Waals surface area contributed by atoms with E-state index < -0.39 is 42.3 Å². The van der Waals surface area contributed by atoms with Crippen LogP contribution in [-0.2, 0) is 14.4 Å². The topological polar surface area (TPSA) is 165 Å². The van der Waals surface area contributed by atoms with Crippen molar-refractivity contribution in [2.75, 3.05) is 26.2 Å². The van der Waals surface area contributed by atoms with E-state index in [-0.39, 0.29) is 23.6 Å². The monoisotopic (exact) mass is 502 g/mol. The first kappa shape index (κ1) is 27.1. The van der Waals surface area contributed by atoms with Gasteiger partial charge in [-0.1, -0.05) is 0 Å². The Hall–Kier alpha value is -3.47. The van der Waals surface area contributed by atoms with Crippen LogP contribution >= 0.6 is 0 Å². The number of rotatable bonds is 10. The molecule has 36 heavy (non-hydrogen) atoms. The number of aliphatic carboxylic acids is 1. The number of carbonyl (C=O) groups excluding carboxylic acids is 3. The number of amides is 3. The number of piperidine rings is 2. The second kappa shape index (κ2) is 13.0. The van der Waals surface area contributed by atoms with Crippen molar-refractivity contribution in [1.29, 1.82) is 0 Å². The van der Waals surface area contributed by atoms with Crippen LogP contribution < -0.4 is 16.0 Å². The summed E-state index contributed by atoms with van der Waals surface area (Å²) in [6.45, 7) is 2.82. The van der Waals surface area contributed by atoms with Gasteiger partial charge < -0.3 is 31.1 Å². The molecular weight excluding hydrogens is 468 g/mol. The smallest absolute Gasteiger partial charge is 0.335 e. The molecule has 0 aromatic heterocycles. The number of carboxylic acids is 2. The van der Waals surface area contributed by atoms with Crippen molar-refractivity contribution < 1.29 is 34.2 Å². The third-order valence-electron chi connectivity index (χ3n) is 6.76. The first-order valence-electron chi connectivity index (χ1n) is 12.4. The van der Waals surface area contributed by atoms with E-state index in [1.165, 1.54) is 24.3 Å². The predicted molar refractivity (Wildman–Crippen MR) is 129 cm³/mol. The normalized spacial score (nSPS) is 19.2. The molecule has 2 aliphatic rings. The van der Waals surface area contributed by atoms with Gasteiger partial charge in [0, 0.05) is 25.1 Å². The van der Waals surface area contributed by atoms with Gasteiger partial charge in [-0.3, -0.25) is 19.2 Å². The highest BCUT2D eigenvalue weighted by atomic mass is 16.4. The molecule has 2 aliphatic heterocycles. The van der Waals surface area contributed by atoms with Crippen LogP contribution in [0.4, 0.5) is 0 Å². The third-order valence-corrected chi connectivity index (χ3v) is 6.76. The SMILES string of the molecule is O=C(O)C[C@H](NC(=O)c1ccc(C(=O)O)cc1)NC(=O)[C@@H]1CCCN(C(=O)CCC2CCNCC2)C1. The van der Waals surface area contributed by atoms with Crippen LogP contribution in [0.2, 0.25) is 0 Å². The molecule has 0 radical (unpaired) electrons. The zero-order chi connectivity index (χ0) is 26.1. The van der Waals surface area contributed by atoms with Crippen LogP contribution in [0.25, 0.3) is 0 Å². The Balaban J connectivity index is 1.54. The molecule has 1 aromatic rings. The molecule has 2 atom stereocenters. The van der Waals surface area contributed by atoms with Crippen molar-refractivity contribution >= 4 is 29.7 Å². The number of benzene rings is 1. The largest absolute Gasteiger partial charge is 0.481 e. The minimum absolute atomic E-state index is 0.00841. The van der Waals surface area contributed by atoms with Crippen molar-refractivity contribution in [1.82, 2.24) is 20.9 Å². The average Bonchev–Trinajstić information content (AvgIpc) is 2.87. The lowest BCUT2D eigenvalue weighted by Gasteiger charge is -2.33. The highest BCUT2D eigenvalue weighted by molar-refractivity contribution is 5.96. The maximum atomic E-state index is 12.9. The molecule has 196 valence electrons. The minimum Gasteiger partial charge on any atom is -0.481 e. The van der Waals surface area contributed by atoms with Gasteiger partial charge >= 0.3 is 11.9 Å². The number of carboxylic acid groups (broad SMARTS) is 2. The average molecular weight is 503 g/mol. The third kappa shape index (κ3) is 8.04. The Labute approximate surface area is 209 Å². The Bertz CT molecular complexity index is 960. The molecule has 2 fully saturated rings. The molecule has 0 bridgehead atoms. The Morgan fingerprint density at radius 3 is 2.28 bits per heavy atom. The van der Waals surface area contributed by atoms with Crippen LogP contribution in [-0.4, -0.2) is 77.1 Å². The number of hydrogen-bond acceptors (Lipinski definition) is 6. The molecule has 0 aliphatic carbocycles. The lowest BCUT2D eigenvalue weighted by atomic mass is 9.92. The van der Waals surface area contributed by atoms with E-state index in [0.29, 0.717) is 31.7 Å². The quantitative estimate of drug-likeness (QED) is 0.296. The molecule has 0 spiro atoms. The van der Waals surface area contributed by atoms with E-state index in [0.717, 1.165) is 32.4 Å². The molecular formula is C25H34N4O7. The van der Waals surface area contributed by atoms with E-state index in [1.54, 1.807) is 4.90 Å². The number of nitrogens with one attached hydrogen (secondary N) is 3. The molecule has 1 aromatic carbocycles. The van der Waals surface area contributed by atoms with Gasteiger partial charge in [0.1, 0.15) is 6.17 Å². The van der Waals surface area contributed by atoms with Crippen molar-refractivity contribution in [3.63, 3.8) is 0 Å². The number of hydrogen-bond donors (Lipinski definition) is 5. The van der Waals surface area contributed by atoms with Gasteiger partial charge in [-0.2, -0.15) is 0 Å². The Morgan fingerprint density at radius 2 is 1.64 bits per heavy atom. The van der Waals surface area contributed by atoms with Gasteiger partial charge in [-0.25, -0.2) is 4.79 Å². The fraction of sp³-hybridized carbons (Fsp3) is 0.560. The molecule has 11 nitrogen and oxygen atoms in total. The summed E-state index contributed by atoms with van der Waals surface area (Å²) in [5, 5.41) is 26.6. The van der Waals surface area contributed by atoms with Gasteiger partial charge in [0.15, 0.2) is 0 Å². The van der Waals surface area contributed by atoms with Crippen LogP contribution in [0, 0.1) is 11.8 Å². The van der Waals surface area contributed by atoms with Crippen LogP contribution in [0.3, 0.4) is 0 Å². The molecule has 2 heterocycles. The summed E-state index contributed by atoms with van der Waals surface area (Å²) in [7, 11) is 0. The van der Waals surface area contributed by atoms with Crippen molar-refractivity contribution in [3.05, 3.63) is 35.4 Å². The zero-order valence-electron chi connectivity index (χ0n) is 20.2. The van der Waals surface area contributed by atoms with E-state index in [2.05, 4.69) is 16.0 Å². The summed E-state index contributed by atoms with van der Waals surface area (Å²) in [6.07, 6.45) is 2.98. The van der Waals surface area contributed by atoms with Crippen LogP contribution in [0.5, 0.6) is 0 Å². The molecule has 3 rings (SSSR count). The second-order valence-corrected chi connectivity index (χ2v) is 9.43. The van der Waals surface area contributed by atoms with Crippen molar-refractivity contribution in [3.8, 4) is 0 Å². The first-order valence-corrected chi connectivity index (χ1v) is 12.4. The summed E-state index contributed by atoms with van der Waals surface area (Å²) in [6, 6.07) is 5.15. The molecule has 0 saturated carbocycles. The Kier molecular flexibility index (Phi) is 9.80. The van der Waals surface area contributed by atoms with Gasteiger partial charge in [0.2, 0.25) is 11.8 Å². The molecule has 0 unspecified atom stereocenters. The fourth-order valence-electron chi connectivity index (χ4n) is 4.68. The van der Waals surface area contributed by atoms with Gasteiger partial charge in [-0.15, -0.1) is 0 Å². The standard InChI is InChI=1S/C25H34N4O7/c30-21(8-3-16-9-11-26-12-10-16)29-13-1-2-19(15-29)24(34)28-20(14-22(31)32)27-23(33)17-4-6-18(7-5-17)25(35)36/h4-7,16,19-20,26H,1-3,8-15H2,(H,27,33)(H,28,34)(H,31,32)(H,35,36)/t19-,20-/m1/s1. The number of nitrogens with zero attached hydrogens (tertiary/aromatic N) is 1. The van der Waals surface area contributed by atoms with Gasteiger partial charge in [0.05, 0.1) is 17.9 Å². The van der Waals surface area contributed by atoms with Crippen LogP contribution in [0.15, 0.2) is 24.3 Å². The summed E-state index contributed by atoms with van der Waals surface area (Å²) >= 11 is 0. The van der Waals surface area contributed by atoms with E-state index in [4.69, 9.17) is 5.11 Å². The van der Waals surface area contributed by atoms with Crippen molar-refractivity contribution in [2.45, 2.75) is 51.1 Å². The zero-order valence-corrected chi connectivity index (χ0v) is 20.2. The fourth-order valence-corrected chi connectivity index (χ4v) is 4.68. The van der Waals surface area contributed by atoms with E-state index >= 15 is 0 Å². The predicted octanol–water partition coefficient (Wildman–Crippen LogP) is 1.05. The highest BCUT2D eigenvalue weighted by Gasteiger charge is 2.30. The highest BCUT2D eigenvalue weighted by Crippen LogP contribution is 2.21. The summed E-state index contributed by atoms with van der Waals surface area (Å²) < 4.78 is 0. The maximum absolute atomic E-state index is 12.9. The lowest BCUT2D eigenvalue weighted by molar-refractivity contribution is -0.138. The molecule has 5 N–H and O–H groups in total.